The summed E-state index contributed by atoms with van der Waals surface area (Å²) in [5.41, 5.74) is 0. The van der Waals surface area contributed by atoms with Crippen molar-refractivity contribution >= 4 is 0 Å². The van der Waals surface area contributed by atoms with Crippen molar-refractivity contribution < 1.29 is 0 Å². The molecule has 0 bridgehead atoms. The lowest BCUT2D eigenvalue weighted by atomic mass is 10.1. The maximum absolute atomic E-state index is 2.36. The third-order valence-electron chi connectivity index (χ3n) is 4.43. The van der Waals surface area contributed by atoms with Crippen molar-refractivity contribution in [1.29, 1.82) is 0 Å². The van der Waals surface area contributed by atoms with Gasteiger partial charge in [0.25, 0.3) is 0 Å². The van der Waals surface area contributed by atoms with E-state index in [4.69, 9.17) is 0 Å². The van der Waals surface area contributed by atoms with Gasteiger partial charge in [-0.2, -0.15) is 0 Å². The molecule has 0 saturated carbocycles. The summed E-state index contributed by atoms with van der Waals surface area (Å²) in [4.78, 5) is 0. The molecule has 0 heterocycles. The lowest BCUT2D eigenvalue weighted by Gasteiger charge is -1.98. The van der Waals surface area contributed by atoms with Crippen LogP contribution in [0.15, 0.2) is 48.6 Å². The summed E-state index contributed by atoms with van der Waals surface area (Å²) in [5.74, 6) is 0. The molecule has 144 valence electrons. The molecule has 0 saturated heterocycles. The van der Waals surface area contributed by atoms with Gasteiger partial charge >= 0.3 is 0 Å². The van der Waals surface area contributed by atoms with Crippen LogP contribution in [-0.2, 0) is 0 Å². The van der Waals surface area contributed by atoms with Crippen molar-refractivity contribution in [2.45, 2.75) is 110 Å². The predicted octanol–water partition coefficient (Wildman–Crippen LogP) is 9.10. The van der Waals surface area contributed by atoms with Crippen LogP contribution in [0.1, 0.15) is 110 Å². The summed E-state index contributed by atoms with van der Waals surface area (Å²) in [7, 11) is 0. The van der Waals surface area contributed by atoms with E-state index in [0.29, 0.717) is 0 Å². The van der Waals surface area contributed by atoms with Crippen molar-refractivity contribution in [3.63, 3.8) is 0 Å². The van der Waals surface area contributed by atoms with Gasteiger partial charge in [0.2, 0.25) is 0 Å². The summed E-state index contributed by atoms with van der Waals surface area (Å²) >= 11 is 0. The maximum Gasteiger partial charge on any atom is -0.0169 e. The molecule has 0 aliphatic rings. The first-order valence-electron chi connectivity index (χ1n) is 11.0. The van der Waals surface area contributed by atoms with Crippen molar-refractivity contribution in [3.05, 3.63) is 48.6 Å². The SMILES string of the molecule is CCCCC/C=C/C/C=C/C/C=C/C/C=C/CCCCCCCCC. The minimum atomic E-state index is 1.06. The molecule has 25 heavy (non-hydrogen) atoms. The lowest BCUT2D eigenvalue weighted by Crippen LogP contribution is -1.78. The van der Waals surface area contributed by atoms with Gasteiger partial charge in [-0.1, -0.05) is 114 Å². The topological polar surface area (TPSA) is 0 Å². The fraction of sp³-hybridized carbons (Fsp3) is 0.680. The van der Waals surface area contributed by atoms with E-state index in [1.54, 1.807) is 0 Å². The van der Waals surface area contributed by atoms with Crippen LogP contribution in [0.4, 0.5) is 0 Å². The fourth-order valence-corrected chi connectivity index (χ4v) is 2.78. The number of hydrogen-bond donors (Lipinski definition) is 0. The Kier molecular flexibility index (Phi) is 22.0. The van der Waals surface area contributed by atoms with Crippen LogP contribution < -0.4 is 0 Å². The maximum atomic E-state index is 2.36. The van der Waals surface area contributed by atoms with E-state index in [1.165, 1.54) is 77.0 Å². The Morgan fingerprint density at radius 2 is 0.680 bits per heavy atom. The molecule has 0 fully saturated rings. The van der Waals surface area contributed by atoms with E-state index in [-0.39, 0.29) is 0 Å². The Morgan fingerprint density at radius 1 is 0.360 bits per heavy atom. The predicted molar refractivity (Wildman–Crippen MR) is 117 cm³/mol. The van der Waals surface area contributed by atoms with Gasteiger partial charge in [0.05, 0.1) is 0 Å². The molecule has 0 rings (SSSR count). The molecule has 0 nitrogen and oxygen atoms in total. The molecule has 0 spiro atoms. The number of unbranched alkanes of at least 4 members (excludes halogenated alkanes) is 10. The third kappa shape index (κ3) is 23.0. The highest BCUT2D eigenvalue weighted by Crippen LogP contribution is 2.08. The molecule has 0 aromatic carbocycles. The Bertz CT molecular complexity index is 343. The molecule has 0 N–H and O–H groups in total. The Hall–Kier alpha value is -1.04. The van der Waals surface area contributed by atoms with Crippen LogP contribution in [0.5, 0.6) is 0 Å². The minimum absolute atomic E-state index is 1.06. The molecule has 0 heteroatoms. The van der Waals surface area contributed by atoms with E-state index < -0.39 is 0 Å². The zero-order chi connectivity index (χ0) is 18.3. The Labute approximate surface area is 159 Å². The average Bonchev–Trinajstić information content (AvgIpc) is 2.63. The first-order valence-corrected chi connectivity index (χ1v) is 11.0. The highest BCUT2D eigenvalue weighted by atomic mass is 13.9. The summed E-state index contributed by atoms with van der Waals surface area (Å²) in [6, 6.07) is 0. The zero-order valence-corrected chi connectivity index (χ0v) is 17.2. The minimum Gasteiger partial charge on any atom is -0.0882 e. The van der Waals surface area contributed by atoms with Gasteiger partial charge in [0.1, 0.15) is 0 Å². The van der Waals surface area contributed by atoms with Gasteiger partial charge in [-0.3, -0.25) is 0 Å². The van der Waals surface area contributed by atoms with E-state index in [9.17, 15) is 0 Å². The van der Waals surface area contributed by atoms with Crippen LogP contribution in [0, 0.1) is 0 Å². The highest BCUT2D eigenvalue weighted by molar-refractivity contribution is 4.99. The van der Waals surface area contributed by atoms with Crippen LogP contribution in [0.2, 0.25) is 0 Å². The van der Waals surface area contributed by atoms with Gasteiger partial charge in [-0.15, -0.1) is 0 Å². The molecular formula is C25H44. The van der Waals surface area contributed by atoms with Crippen LogP contribution in [0.25, 0.3) is 0 Å². The average molecular weight is 345 g/mol. The first kappa shape index (κ1) is 24.0. The number of allylic oxidation sites excluding steroid dienone is 8. The normalized spacial score (nSPS) is 12.6. The van der Waals surface area contributed by atoms with E-state index in [2.05, 4.69) is 62.5 Å². The van der Waals surface area contributed by atoms with E-state index in [1.807, 2.05) is 0 Å². The van der Waals surface area contributed by atoms with Crippen molar-refractivity contribution in [2.75, 3.05) is 0 Å². The van der Waals surface area contributed by atoms with Crippen molar-refractivity contribution in [1.82, 2.24) is 0 Å². The summed E-state index contributed by atoms with van der Waals surface area (Å²) in [6.07, 6.45) is 38.0. The molecule has 0 unspecified atom stereocenters. The van der Waals surface area contributed by atoms with E-state index in [0.717, 1.165) is 19.3 Å². The Morgan fingerprint density at radius 3 is 1.16 bits per heavy atom. The summed E-state index contributed by atoms with van der Waals surface area (Å²) in [6.45, 7) is 4.54. The molecule has 0 aromatic rings. The molecule has 0 aliphatic heterocycles. The van der Waals surface area contributed by atoms with Crippen molar-refractivity contribution in [3.8, 4) is 0 Å². The standard InChI is InChI=1S/C25H44/c1-3-5-7-9-11-13-15-17-19-21-23-25-24-22-20-18-16-14-12-10-8-6-4-2/h11,13,17,19-20,22-23,25H,3-10,12,14-16,18,21,24H2,1-2H3/b13-11+,19-17+,22-20+,25-23+. The van der Waals surface area contributed by atoms with Gasteiger partial charge < -0.3 is 0 Å². The lowest BCUT2D eigenvalue weighted by molar-refractivity contribution is 0.592. The largest absolute Gasteiger partial charge is 0.0882 e. The molecule has 0 aliphatic carbocycles. The van der Waals surface area contributed by atoms with Crippen molar-refractivity contribution in [2.24, 2.45) is 0 Å². The third-order valence-corrected chi connectivity index (χ3v) is 4.43. The van der Waals surface area contributed by atoms with Gasteiger partial charge in [-0.05, 0) is 44.9 Å². The first-order chi connectivity index (χ1) is 12.4. The highest BCUT2D eigenvalue weighted by Gasteiger charge is 1.89. The Balaban J connectivity index is 3.32. The van der Waals surface area contributed by atoms with Gasteiger partial charge in [0, 0.05) is 0 Å². The second-order valence-electron chi connectivity index (χ2n) is 7.00. The van der Waals surface area contributed by atoms with Gasteiger partial charge in [-0.25, -0.2) is 0 Å². The van der Waals surface area contributed by atoms with Crippen LogP contribution in [0.3, 0.4) is 0 Å². The molecular weight excluding hydrogens is 300 g/mol. The zero-order valence-electron chi connectivity index (χ0n) is 17.2. The van der Waals surface area contributed by atoms with Crippen LogP contribution in [-0.4, -0.2) is 0 Å². The monoisotopic (exact) mass is 344 g/mol. The molecule has 0 amide bonds. The van der Waals surface area contributed by atoms with E-state index >= 15 is 0 Å². The second-order valence-corrected chi connectivity index (χ2v) is 7.00. The molecule has 0 atom stereocenters. The smallest absolute Gasteiger partial charge is 0.0169 e. The van der Waals surface area contributed by atoms with Crippen LogP contribution >= 0.6 is 0 Å². The number of hydrogen-bond acceptors (Lipinski definition) is 0. The number of rotatable bonds is 18. The quantitative estimate of drug-likeness (QED) is 0.172. The van der Waals surface area contributed by atoms with Gasteiger partial charge in [0.15, 0.2) is 0 Å². The fourth-order valence-electron chi connectivity index (χ4n) is 2.78. The second kappa shape index (κ2) is 23.0. The summed E-state index contributed by atoms with van der Waals surface area (Å²) < 4.78 is 0. The molecule has 0 aromatic heterocycles. The molecule has 0 radical (unpaired) electrons. The summed E-state index contributed by atoms with van der Waals surface area (Å²) in [5, 5.41) is 0.